The molecule has 0 spiro atoms. The molecule has 7 heteroatoms. The number of aryl methyl sites for hydroxylation is 1. The van der Waals surface area contributed by atoms with E-state index in [4.69, 9.17) is 9.47 Å². The number of carbonyl (C=O) groups is 2. The van der Waals surface area contributed by atoms with Crippen LogP contribution in [0.1, 0.15) is 43.5 Å². The molecule has 1 aliphatic heterocycles. The van der Waals surface area contributed by atoms with E-state index < -0.39 is 23.5 Å². The molecule has 1 saturated heterocycles. The van der Waals surface area contributed by atoms with Crippen LogP contribution in [-0.4, -0.2) is 30.0 Å². The molecule has 1 atom stereocenters. The lowest BCUT2D eigenvalue weighted by atomic mass is 9.94. The van der Waals surface area contributed by atoms with E-state index in [1.165, 1.54) is 29.2 Å². The van der Waals surface area contributed by atoms with E-state index in [1.807, 2.05) is 26.0 Å². The summed E-state index contributed by atoms with van der Waals surface area (Å²) in [6.07, 6.45) is 0.818. The summed E-state index contributed by atoms with van der Waals surface area (Å²) < 4.78 is 25.0. The predicted octanol–water partition coefficient (Wildman–Crippen LogP) is 5.81. The fourth-order valence-corrected chi connectivity index (χ4v) is 4.33. The average molecular weight is 490 g/mol. The van der Waals surface area contributed by atoms with E-state index in [0.29, 0.717) is 36.0 Å². The van der Waals surface area contributed by atoms with Gasteiger partial charge in [-0.1, -0.05) is 31.2 Å². The Morgan fingerprint density at radius 3 is 2.19 bits per heavy atom. The smallest absolute Gasteiger partial charge is 0.300 e. The zero-order valence-corrected chi connectivity index (χ0v) is 20.5. The molecule has 0 saturated carbocycles. The molecule has 1 amide bonds. The van der Waals surface area contributed by atoms with Crippen LogP contribution in [0.15, 0.2) is 72.3 Å². The number of halogens is 1. The van der Waals surface area contributed by atoms with Crippen LogP contribution in [0, 0.1) is 5.82 Å². The van der Waals surface area contributed by atoms with Gasteiger partial charge in [-0.15, -0.1) is 0 Å². The first kappa shape index (κ1) is 25.0. The topological polar surface area (TPSA) is 76.1 Å². The second-order valence-corrected chi connectivity index (χ2v) is 8.26. The van der Waals surface area contributed by atoms with Crippen molar-refractivity contribution in [1.29, 1.82) is 0 Å². The molecule has 1 N–H and O–H groups in total. The van der Waals surface area contributed by atoms with Crippen LogP contribution in [0.3, 0.4) is 0 Å². The first-order valence-electron chi connectivity index (χ1n) is 11.9. The summed E-state index contributed by atoms with van der Waals surface area (Å²) in [4.78, 5) is 28.0. The average Bonchev–Trinajstić information content (AvgIpc) is 3.15. The standard InChI is InChI=1S/C29H28FNO5/c1-4-18-7-13-21(14-8-18)31-26(19-9-11-20(30)12-10-19)25(28(33)29(31)34)27(32)23-16-15-22(35-5-2)17-24(23)36-6-3/h7-17,26,32H,4-6H2,1-3H3/b27-25-. The number of hydrogen-bond donors (Lipinski definition) is 1. The van der Waals surface area contributed by atoms with Crippen LogP contribution in [0.4, 0.5) is 10.1 Å². The van der Waals surface area contributed by atoms with Gasteiger partial charge in [-0.05, 0) is 67.8 Å². The molecule has 6 nitrogen and oxygen atoms in total. The Kier molecular flexibility index (Phi) is 7.38. The van der Waals surface area contributed by atoms with Gasteiger partial charge in [-0.25, -0.2) is 4.39 Å². The number of Topliss-reactive ketones (excluding diaryl/α,β-unsaturated/α-hetero) is 1. The zero-order chi connectivity index (χ0) is 25.8. The number of hydrogen-bond acceptors (Lipinski definition) is 5. The van der Waals surface area contributed by atoms with Crippen molar-refractivity contribution in [2.24, 2.45) is 0 Å². The van der Waals surface area contributed by atoms with Crippen LogP contribution >= 0.6 is 0 Å². The molecule has 3 aromatic rings. The van der Waals surface area contributed by atoms with E-state index in [2.05, 4.69) is 0 Å². The molecule has 4 rings (SSSR count). The molecule has 1 fully saturated rings. The molecule has 1 unspecified atom stereocenters. The number of aliphatic hydroxyl groups excluding tert-OH is 1. The van der Waals surface area contributed by atoms with Gasteiger partial charge in [0.15, 0.2) is 0 Å². The Morgan fingerprint density at radius 1 is 0.917 bits per heavy atom. The number of anilines is 1. The number of nitrogens with zero attached hydrogens (tertiary/aromatic N) is 1. The van der Waals surface area contributed by atoms with Crippen LogP contribution in [0.25, 0.3) is 5.76 Å². The molecule has 0 radical (unpaired) electrons. The van der Waals surface area contributed by atoms with Gasteiger partial charge in [0.25, 0.3) is 11.7 Å². The summed E-state index contributed by atoms with van der Waals surface area (Å²) in [5.41, 5.74) is 2.22. The quantitative estimate of drug-likeness (QED) is 0.245. The fraction of sp³-hybridized carbons (Fsp3) is 0.241. The van der Waals surface area contributed by atoms with Crippen molar-refractivity contribution in [2.75, 3.05) is 18.1 Å². The normalized spacial score (nSPS) is 16.9. The minimum absolute atomic E-state index is 0.101. The summed E-state index contributed by atoms with van der Waals surface area (Å²) >= 11 is 0. The maximum absolute atomic E-state index is 13.8. The van der Waals surface area contributed by atoms with Crippen molar-refractivity contribution in [2.45, 2.75) is 33.2 Å². The van der Waals surface area contributed by atoms with Gasteiger partial charge in [0.1, 0.15) is 23.1 Å². The third-order valence-electron chi connectivity index (χ3n) is 6.07. The molecular formula is C29H28FNO5. The molecule has 186 valence electrons. The summed E-state index contributed by atoms with van der Waals surface area (Å²) in [6.45, 7) is 6.44. The lowest BCUT2D eigenvalue weighted by Gasteiger charge is -2.26. The van der Waals surface area contributed by atoms with Crippen LogP contribution < -0.4 is 14.4 Å². The first-order chi connectivity index (χ1) is 17.4. The lowest BCUT2D eigenvalue weighted by Crippen LogP contribution is -2.29. The molecule has 0 aliphatic carbocycles. The maximum atomic E-state index is 13.8. The van der Waals surface area contributed by atoms with Gasteiger partial charge in [-0.2, -0.15) is 0 Å². The van der Waals surface area contributed by atoms with Crippen LogP contribution in [-0.2, 0) is 16.0 Å². The Hall–Kier alpha value is -4.13. The number of ketones is 1. The molecule has 0 bridgehead atoms. The molecule has 3 aromatic carbocycles. The van der Waals surface area contributed by atoms with Gasteiger partial charge >= 0.3 is 0 Å². The molecule has 1 heterocycles. The third kappa shape index (κ3) is 4.69. The van der Waals surface area contributed by atoms with Gasteiger partial charge in [0.05, 0.1) is 30.4 Å². The number of carbonyl (C=O) groups excluding carboxylic acids is 2. The number of rotatable bonds is 8. The number of benzene rings is 3. The van der Waals surface area contributed by atoms with Gasteiger partial charge in [0, 0.05) is 11.8 Å². The Labute approximate surface area is 209 Å². The van der Waals surface area contributed by atoms with Gasteiger partial charge in [-0.3, -0.25) is 14.5 Å². The van der Waals surface area contributed by atoms with Gasteiger partial charge < -0.3 is 14.6 Å². The maximum Gasteiger partial charge on any atom is 0.300 e. The fourth-order valence-electron chi connectivity index (χ4n) is 4.33. The van der Waals surface area contributed by atoms with Gasteiger partial charge in [0.2, 0.25) is 0 Å². The van der Waals surface area contributed by atoms with E-state index in [-0.39, 0.29) is 16.9 Å². The number of ether oxygens (including phenoxy) is 2. The second kappa shape index (κ2) is 10.6. The highest BCUT2D eigenvalue weighted by Crippen LogP contribution is 2.43. The van der Waals surface area contributed by atoms with Crippen molar-refractivity contribution in [3.8, 4) is 11.5 Å². The molecule has 1 aliphatic rings. The summed E-state index contributed by atoms with van der Waals surface area (Å²) in [7, 11) is 0. The monoisotopic (exact) mass is 489 g/mol. The highest BCUT2D eigenvalue weighted by Gasteiger charge is 2.47. The molecular weight excluding hydrogens is 461 g/mol. The van der Waals surface area contributed by atoms with Crippen LogP contribution in [0.5, 0.6) is 11.5 Å². The SMILES string of the molecule is CCOc1ccc(/C(O)=C2/C(=O)C(=O)N(c3ccc(CC)cc3)C2c2ccc(F)cc2)c(OCC)c1. The van der Waals surface area contributed by atoms with E-state index >= 15 is 0 Å². The minimum atomic E-state index is -0.959. The highest BCUT2D eigenvalue weighted by atomic mass is 19.1. The molecule has 0 aromatic heterocycles. The van der Waals surface area contributed by atoms with Crippen molar-refractivity contribution >= 4 is 23.1 Å². The number of aliphatic hydroxyl groups is 1. The minimum Gasteiger partial charge on any atom is -0.507 e. The zero-order valence-electron chi connectivity index (χ0n) is 20.5. The number of amides is 1. The second-order valence-electron chi connectivity index (χ2n) is 8.26. The third-order valence-corrected chi connectivity index (χ3v) is 6.07. The Bertz CT molecular complexity index is 1300. The summed E-state index contributed by atoms with van der Waals surface area (Å²) in [5, 5.41) is 11.5. The van der Waals surface area contributed by atoms with Crippen molar-refractivity contribution in [3.63, 3.8) is 0 Å². The first-order valence-corrected chi connectivity index (χ1v) is 11.9. The van der Waals surface area contributed by atoms with Crippen LogP contribution in [0.2, 0.25) is 0 Å². The summed E-state index contributed by atoms with van der Waals surface area (Å²) in [5.74, 6) is -1.58. The van der Waals surface area contributed by atoms with E-state index in [9.17, 15) is 19.1 Å². The lowest BCUT2D eigenvalue weighted by molar-refractivity contribution is -0.132. The Morgan fingerprint density at radius 2 is 1.58 bits per heavy atom. The van der Waals surface area contributed by atoms with E-state index in [1.54, 1.807) is 37.3 Å². The highest BCUT2D eigenvalue weighted by molar-refractivity contribution is 6.51. The van der Waals surface area contributed by atoms with Crippen molar-refractivity contribution < 1.29 is 28.6 Å². The predicted molar refractivity (Wildman–Crippen MR) is 136 cm³/mol. The summed E-state index contributed by atoms with van der Waals surface area (Å²) in [6, 6.07) is 16.8. The molecule has 36 heavy (non-hydrogen) atoms. The van der Waals surface area contributed by atoms with E-state index in [0.717, 1.165) is 12.0 Å². The Balaban J connectivity index is 1.92. The van der Waals surface area contributed by atoms with Crippen molar-refractivity contribution in [1.82, 2.24) is 0 Å². The van der Waals surface area contributed by atoms with Crippen molar-refractivity contribution in [3.05, 3.63) is 94.8 Å². The largest absolute Gasteiger partial charge is 0.507 e.